The first-order valence-electron chi connectivity index (χ1n) is 5.60. The molecule has 0 aliphatic carbocycles. The van der Waals surface area contributed by atoms with Crippen molar-refractivity contribution in [2.75, 3.05) is 7.05 Å². The number of benzene rings is 1. The molecule has 1 aromatic rings. The second-order valence-electron chi connectivity index (χ2n) is 4.90. The molecule has 0 bridgehead atoms. The Labute approximate surface area is 117 Å². The smallest absolute Gasteiger partial charge is 0.328 e. The quantitative estimate of drug-likeness (QED) is 0.864. The molecule has 0 amide bonds. The van der Waals surface area contributed by atoms with Crippen LogP contribution in [0.3, 0.4) is 0 Å². The highest BCUT2D eigenvalue weighted by Gasteiger charge is 2.27. The molecule has 0 saturated heterocycles. The predicted octanol–water partition coefficient (Wildman–Crippen LogP) is 3.60. The highest BCUT2D eigenvalue weighted by molar-refractivity contribution is 6.42. The average molecular weight is 290 g/mol. The summed E-state index contributed by atoms with van der Waals surface area (Å²) in [6.07, 6.45) is 0. The third-order valence-corrected chi connectivity index (χ3v) is 3.06. The summed E-state index contributed by atoms with van der Waals surface area (Å²) in [5, 5.41) is 3.67. The summed E-state index contributed by atoms with van der Waals surface area (Å²) in [5.74, 6) is -0.380. The summed E-state index contributed by atoms with van der Waals surface area (Å²) in [4.78, 5) is 12.1. The van der Waals surface area contributed by atoms with Gasteiger partial charge in [0.05, 0.1) is 10.0 Å². The van der Waals surface area contributed by atoms with Gasteiger partial charge in [0, 0.05) is 5.56 Å². The van der Waals surface area contributed by atoms with Gasteiger partial charge in [-0.05, 0) is 33.9 Å². The van der Waals surface area contributed by atoms with Gasteiger partial charge in [-0.1, -0.05) is 35.3 Å². The van der Waals surface area contributed by atoms with Crippen LogP contribution in [0.15, 0.2) is 18.2 Å². The number of hydrogen-bond acceptors (Lipinski definition) is 3. The summed E-state index contributed by atoms with van der Waals surface area (Å²) >= 11 is 12.0. The van der Waals surface area contributed by atoms with Crippen LogP contribution in [0.2, 0.25) is 10.0 Å². The van der Waals surface area contributed by atoms with E-state index in [9.17, 15) is 4.79 Å². The molecule has 3 nitrogen and oxygen atoms in total. The van der Waals surface area contributed by atoms with Crippen LogP contribution >= 0.6 is 23.2 Å². The van der Waals surface area contributed by atoms with Crippen molar-refractivity contribution in [3.05, 3.63) is 33.8 Å². The zero-order chi connectivity index (χ0) is 13.9. The molecule has 1 aromatic carbocycles. The Morgan fingerprint density at radius 1 is 1.33 bits per heavy atom. The fourth-order valence-corrected chi connectivity index (χ4v) is 1.92. The van der Waals surface area contributed by atoms with Crippen molar-refractivity contribution in [3.8, 4) is 0 Å². The lowest BCUT2D eigenvalue weighted by Crippen LogP contribution is -2.33. The van der Waals surface area contributed by atoms with Crippen molar-refractivity contribution >= 4 is 29.2 Å². The molecule has 5 heteroatoms. The monoisotopic (exact) mass is 289 g/mol. The average Bonchev–Trinajstić information content (AvgIpc) is 2.22. The molecule has 1 N–H and O–H groups in total. The van der Waals surface area contributed by atoms with Crippen LogP contribution < -0.4 is 5.32 Å². The number of ether oxygens (including phenoxy) is 1. The standard InChI is InChI=1S/C13H17Cl2NO2/c1-13(2,3)18-12(17)11(16-4)8-6-5-7-9(14)10(8)15/h5-7,11,16H,1-4H3. The van der Waals surface area contributed by atoms with Gasteiger partial charge in [-0.3, -0.25) is 0 Å². The molecule has 0 saturated carbocycles. The number of carbonyl (C=O) groups is 1. The maximum absolute atomic E-state index is 12.1. The van der Waals surface area contributed by atoms with Gasteiger partial charge < -0.3 is 10.1 Å². The zero-order valence-electron chi connectivity index (χ0n) is 10.9. The molecule has 0 radical (unpaired) electrons. The number of esters is 1. The molecule has 1 atom stereocenters. The molecule has 100 valence electrons. The van der Waals surface area contributed by atoms with E-state index in [1.165, 1.54) is 0 Å². The summed E-state index contributed by atoms with van der Waals surface area (Å²) in [6, 6.07) is 4.54. The largest absolute Gasteiger partial charge is 0.459 e. The molecule has 0 aliphatic rings. The minimum Gasteiger partial charge on any atom is -0.459 e. The Balaban J connectivity index is 3.03. The van der Waals surface area contributed by atoms with E-state index in [0.717, 1.165) is 0 Å². The van der Waals surface area contributed by atoms with Crippen molar-refractivity contribution in [1.82, 2.24) is 5.32 Å². The molecular weight excluding hydrogens is 273 g/mol. The third kappa shape index (κ3) is 3.87. The van der Waals surface area contributed by atoms with Gasteiger partial charge in [-0.25, -0.2) is 4.79 Å². The molecule has 0 aliphatic heterocycles. The Hall–Kier alpha value is -0.770. The van der Waals surface area contributed by atoms with Crippen molar-refractivity contribution in [2.45, 2.75) is 32.4 Å². The fraction of sp³-hybridized carbons (Fsp3) is 0.462. The molecule has 0 spiro atoms. The fourth-order valence-electron chi connectivity index (χ4n) is 1.50. The molecule has 0 heterocycles. The summed E-state index contributed by atoms with van der Waals surface area (Å²) in [5.41, 5.74) is 0.0675. The van der Waals surface area contributed by atoms with E-state index in [1.807, 2.05) is 20.8 Å². The van der Waals surface area contributed by atoms with Gasteiger partial charge in [0.1, 0.15) is 11.6 Å². The minimum atomic E-state index is -0.629. The second kappa shape index (κ2) is 5.91. The Morgan fingerprint density at radius 3 is 2.44 bits per heavy atom. The zero-order valence-corrected chi connectivity index (χ0v) is 12.4. The molecule has 1 rings (SSSR count). The van der Waals surface area contributed by atoms with E-state index in [-0.39, 0.29) is 5.97 Å². The summed E-state index contributed by atoms with van der Waals surface area (Å²) in [6.45, 7) is 5.45. The van der Waals surface area contributed by atoms with Gasteiger partial charge in [0.25, 0.3) is 0 Å². The van der Waals surface area contributed by atoms with Crippen LogP contribution in [0.4, 0.5) is 0 Å². The van der Waals surface area contributed by atoms with Crippen LogP contribution in [-0.2, 0) is 9.53 Å². The normalized spacial score (nSPS) is 13.2. The number of carbonyl (C=O) groups excluding carboxylic acids is 1. The van der Waals surface area contributed by atoms with Crippen LogP contribution in [0, 0.1) is 0 Å². The molecular formula is C13H17Cl2NO2. The topological polar surface area (TPSA) is 38.3 Å². The number of rotatable bonds is 3. The number of halogens is 2. The number of nitrogens with one attached hydrogen (secondary N) is 1. The minimum absolute atomic E-state index is 0.365. The number of hydrogen-bond donors (Lipinski definition) is 1. The van der Waals surface area contributed by atoms with Gasteiger partial charge in [0.15, 0.2) is 0 Å². The second-order valence-corrected chi connectivity index (χ2v) is 5.68. The van der Waals surface area contributed by atoms with E-state index in [0.29, 0.717) is 15.6 Å². The van der Waals surface area contributed by atoms with E-state index in [1.54, 1.807) is 25.2 Å². The van der Waals surface area contributed by atoms with E-state index < -0.39 is 11.6 Å². The van der Waals surface area contributed by atoms with Crippen LogP contribution in [-0.4, -0.2) is 18.6 Å². The highest BCUT2D eigenvalue weighted by Crippen LogP contribution is 2.31. The van der Waals surface area contributed by atoms with E-state index >= 15 is 0 Å². The Morgan fingerprint density at radius 2 is 1.94 bits per heavy atom. The van der Waals surface area contributed by atoms with Gasteiger partial charge in [-0.2, -0.15) is 0 Å². The van der Waals surface area contributed by atoms with E-state index in [4.69, 9.17) is 27.9 Å². The van der Waals surface area contributed by atoms with Crippen LogP contribution in [0.25, 0.3) is 0 Å². The first-order chi connectivity index (χ1) is 8.26. The Kier molecular flexibility index (Phi) is 5.02. The molecule has 0 fully saturated rings. The van der Waals surface area contributed by atoms with Gasteiger partial charge in [-0.15, -0.1) is 0 Å². The lowest BCUT2D eigenvalue weighted by molar-refractivity contribution is -0.157. The molecule has 18 heavy (non-hydrogen) atoms. The third-order valence-electron chi connectivity index (χ3n) is 2.22. The molecule has 0 aromatic heterocycles. The maximum atomic E-state index is 12.1. The maximum Gasteiger partial charge on any atom is 0.328 e. The predicted molar refractivity (Wildman–Crippen MR) is 74.1 cm³/mol. The van der Waals surface area contributed by atoms with Crippen molar-refractivity contribution in [2.24, 2.45) is 0 Å². The van der Waals surface area contributed by atoms with Gasteiger partial charge in [0.2, 0.25) is 0 Å². The van der Waals surface area contributed by atoms with Gasteiger partial charge >= 0.3 is 5.97 Å². The number of likely N-dealkylation sites (N-methyl/N-ethyl adjacent to an activating group) is 1. The molecule has 1 unspecified atom stereocenters. The van der Waals surface area contributed by atoms with E-state index in [2.05, 4.69) is 5.32 Å². The lowest BCUT2D eigenvalue weighted by Gasteiger charge is -2.24. The van der Waals surface area contributed by atoms with Crippen LogP contribution in [0.5, 0.6) is 0 Å². The Bertz CT molecular complexity index is 441. The first kappa shape index (κ1) is 15.3. The summed E-state index contributed by atoms with van der Waals surface area (Å²) in [7, 11) is 1.67. The van der Waals surface area contributed by atoms with Crippen LogP contribution in [0.1, 0.15) is 32.4 Å². The first-order valence-corrected chi connectivity index (χ1v) is 6.36. The van der Waals surface area contributed by atoms with Crippen molar-refractivity contribution < 1.29 is 9.53 Å². The van der Waals surface area contributed by atoms with Crippen molar-refractivity contribution in [1.29, 1.82) is 0 Å². The summed E-state index contributed by atoms with van der Waals surface area (Å²) < 4.78 is 5.34. The van der Waals surface area contributed by atoms with Crippen molar-refractivity contribution in [3.63, 3.8) is 0 Å². The highest BCUT2D eigenvalue weighted by atomic mass is 35.5. The SMILES string of the molecule is CNC(C(=O)OC(C)(C)C)c1cccc(Cl)c1Cl. The lowest BCUT2D eigenvalue weighted by atomic mass is 10.1.